The molecule has 104 valence electrons. The number of nitrogens with zero attached hydrogens (tertiary/aromatic N) is 1. The van der Waals surface area contributed by atoms with Crippen molar-refractivity contribution in [2.75, 3.05) is 12.4 Å². The fourth-order valence-electron chi connectivity index (χ4n) is 2.41. The summed E-state index contributed by atoms with van der Waals surface area (Å²) in [5.74, 6) is 0.222. The molecule has 1 saturated carbocycles. The maximum atomic E-state index is 10.8. The first kappa shape index (κ1) is 13.6. The number of anilines is 1. The van der Waals surface area contributed by atoms with E-state index in [4.69, 9.17) is 4.74 Å². The van der Waals surface area contributed by atoms with Crippen molar-refractivity contribution in [2.45, 2.75) is 37.8 Å². The van der Waals surface area contributed by atoms with E-state index < -0.39 is 4.92 Å². The quantitative estimate of drug-likeness (QED) is 0.645. The van der Waals surface area contributed by atoms with E-state index in [-0.39, 0.29) is 23.6 Å². The number of nitro groups is 1. The Kier molecular flexibility index (Phi) is 4.21. The standard InChI is InChI=1S/C13H18N2O4/c1-19-13-8-9(6-7-11(13)15(17)18)14-10-4-2-3-5-12(10)16/h6-8,10,12,14,16H,2-5H2,1H3/t10-,12-/m0/s1. The molecule has 0 heterocycles. The number of methoxy groups -OCH3 is 1. The van der Waals surface area contributed by atoms with Crippen LogP contribution >= 0.6 is 0 Å². The fraction of sp³-hybridized carbons (Fsp3) is 0.538. The molecule has 6 heteroatoms. The zero-order valence-electron chi connectivity index (χ0n) is 10.8. The molecule has 2 N–H and O–H groups in total. The molecule has 0 unspecified atom stereocenters. The van der Waals surface area contributed by atoms with E-state index in [1.165, 1.54) is 13.2 Å². The van der Waals surface area contributed by atoms with E-state index in [0.717, 1.165) is 31.4 Å². The number of benzene rings is 1. The summed E-state index contributed by atoms with van der Waals surface area (Å²) in [5.41, 5.74) is 0.672. The van der Waals surface area contributed by atoms with Crippen molar-refractivity contribution in [1.82, 2.24) is 0 Å². The molecule has 1 fully saturated rings. The van der Waals surface area contributed by atoms with Gasteiger partial charge in [0.05, 0.1) is 24.2 Å². The summed E-state index contributed by atoms with van der Waals surface area (Å²) >= 11 is 0. The molecule has 0 aliphatic heterocycles. The Labute approximate surface area is 111 Å². The van der Waals surface area contributed by atoms with Crippen LogP contribution in [0.1, 0.15) is 25.7 Å². The van der Waals surface area contributed by atoms with Gasteiger partial charge in [-0.2, -0.15) is 0 Å². The Bertz CT molecular complexity index is 464. The smallest absolute Gasteiger partial charge is 0.311 e. The molecule has 0 amide bonds. The molecule has 2 atom stereocenters. The van der Waals surface area contributed by atoms with Crippen LogP contribution in [0.2, 0.25) is 0 Å². The number of hydrogen-bond donors (Lipinski definition) is 2. The Morgan fingerprint density at radius 1 is 1.42 bits per heavy atom. The highest BCUT2D eigenvalue weighted by molar-refractivity contribution is 5.58. The van der Waals surface area contributed by atoms with Gasteiger partial charge < -0.3 is 15.2 Å². The van der Waals surface area contributed by atoms with Gasteiger partial charge in [0.15, 0.2) is 5.75 Å². The van der Waals surface area contributed by atoms with Crippen LogP contribution < -0.4 is 10.1 Å². The minimum Gasteiger partial charge on any atom is -0.490 e. The second kappa shape index (κ2) is 5.88. The van der Waals surface area contributed by atoms with E-state index in [2.05, 4.69) is 5.32 Å². The largest absolute Gasteiger partial charge is 0.490 e. The zero-order chi connectivity index (χ0) is 13.8. The average molecular weight is 266 g/mol. The van der Waals surface area contributed by atoms with Crippen molar-refractivity contribution in [3.05, 3.63) is 28.3 Å². The first-order valence-corrected chi connectivity index (χ1v) is 6.39. The molecule has 2 rings (SSSR count). The third-order valence-corrected chi connectivity index (χ3v) is 3.46. The molecular formula is C13H18N2O4. The minimum atomic E-state index is -0.474. The van der Waals surface area contributed by atoms with Crippen LogP contribution in [0.15, 0.2) is 18.2 Å². The van der Waals surface area contributed by atoms with Crippen molar-refractivity contribution >= 4 is 11.4 Å². The van der Waals surface area contributed by atoms with Crippen molar-refractivity contribution < 1.29 is 14.8 Å². The molecule has 1 aliphatic carbocycles. The minimum absolute atomic E-state index is 0.0000813. The monoisotopic (exact) mass is 266 g/mol. The Balaban J connectivity index is 2.14. The molecule has 6 nitrogen and oxygen atoms in total. The van der Waals surface area contributed by atoms with Gasteiger partial charge in [-0.1, -0.05) is 12.8 Å². The molecule has 0 spiro atoms. The van der Waals surface area contributed by atoms with Gasteiger partial charge in [-0.3, -0.25) is 10.1 Å². The molecule has 0 saturated heterocycles. The Morgan fingerprint density at radius 2 is 2.16 bits per heavy atom. The van der Waals surface area contributed by atoms with Gasteiger partial charge in [0.1, 0.15) is 0 Å². The van der Waals surface area contributed by atoms with Crippen LogP contribution in [-0.2, 0) is 0 Å². The third kappa shape index (κ3) is 3.14. The van der Waals surface area contributed by atoms with Gasteiger partial charge in [-0.05, 0) is 18.9 Å². The Hall–Kier alpha value is -1.82. The topological polar surface area (TPSA) is 84.6 Å². The van der Waals surface area contributed by atoms with Gasteiger partial charge in [0, 0.05) is 17.8 Å². The fourth-order valence-corrected chi connectivity index (χ4v) is 2.41. The summed E-state index contributed by atoms with van der Waals surface area (Å²) in [6, 6.07) is 4.65. The van der Waals surface area contributed by atoms with Gasteiger partial charge in [0.25, 0.3) is 0 Å². The average Bonchev–Trinajstić information content (AvgIpc) is 2.41. The lowest BCUT2D eigenvalue weighted by atomic mass is 9.92. The highest BCUT2D eigenvalue weighted by Gasteiger charge is 2.23. The number of rotatable bonds is 4. The molecule has 0 aromatic heterocycles. The van der Waals surface area contributed by atoms with Gasteiger partial charge in [-0.15, -0.1) is 0 Å². The molecule has 1 aromatic rings. The summed E-state index contributed by atoms with van der Waals surface area (Å²) < 4.78 is 5.02. The first-order valence-electron chi connectivity index (χ1n) is 6.39. The van der Waals surface area contributed by atoms with E-state index in [9.17, 15) is 15.2 Å². The number of hydrogen-bond acceptors (Lipinski definition) is 5. The lowest BCUT2D eigenvalue weighted by Gasteiger charge is -2.29. The van der Waals surface area contributed by atoms with E-state index in [1.807, 2.05) is 0 Å². The van der Waals surface area contributed by atoms with Gasteiger partial charge in [-0.25, -0.2) is 0 Å². The summed E-state index contributed by atoms with van der Waals surface area (Å²) in [6.45, 7) is 0. The number of aliphatic hydroxyl groups is 1. The Morgan fingerprint density at radius 3 is 2.79 bits per heavy atom. The van der Waals surface area contributed by atoms with E-state index in [1.54, 1.807) is 12.1 Å². The second-order valence-corrected chi connectivity index (χ2v) is 4.75. The van der Waals surface area contributed by atoms with Crippen LogP contribution in [0.3, 0.4) is 0 Å². The first-order chi connectivity index (χ1) is 9.11. The number of ether oxygens (including phenoxy) is 1. The van der Waals surface area contributed by atoms with E-state index >= 15 is 0 Å². The van der Waals surface area contributed by atoms with E-state index in [0.29, 0.717) is 0 Å². The maximum Gasteiger partial charge on any atom is 0.311 e. The lowest BCUT2D eigenvalue weighted by Crippen LogP contribution is -2.36. The number of nitrogens with one attached hydrogen (secondary N) is 1. The highest BCUT2D eigenvalue weighted by Crippen LogP contribution is 2.31. The predicted octanol–water partition coefficient (Wildman–Crippen LogP) is 2.32. The number of aliphatic hydroxyl groups excluding tert-OH is 1. The third-order valence-electron chi connectivity index (χ3n) is 3.46. The van der Waals surface area contributed by atoms with Crippen LogP contribution in [0.5, 0.6) is 5.75 Å². The molecular weight excluding hydrogens is 248 g/mol. The summed E-state index contributed by atoms with van der Waals surface area (Å²) in [6.07, 6.45) is 3.46. The van der Waals surface area contributed by atoms with Crippen molar-refractivity contribution in [1.29, 1.82) is 0 Å². The SMILES string of the molecule is COc1cc(N[C@H]2CCCC[C@@H]2O)ccc1[N+](=O)[O-]. The lowest BCUT2D eigenvalue weighted by molar-refractivity contribution is -0.385. The zero-order valence-corrected chi connectivity index (χ0v) is 10.8. The molecule has 1 aromatic carbocycles. The van der Waals surface area contributed by atoms with Crippen LogP contribution in [0.4, 0.5) is 11.4 Å². The van der Waals surface area contributed by atoms with Gasteiger partial charge in [0.2, 0.25) is 0 Å². The van der Waals surface area contributed by atoms with Crippen molar-refractivity contribution in [2.24, 2.45) is 0 Å². The molecule has 1 aliphatic rings. The van der Waals surface area contributed by atoms with Crippen LogP contribution in [0, 0.1) is 10.1 Å². The van der Waals surface area contributed by atoms with Crippen LogP contribution in [0.25, 0.3) is 0 Å². The highest BCUT2D eigenvalue weighted by atomic mass is 16.6. The predicted molar refractivity (Wildman–Crippen MR) is 71.5 cm³/mol. The summed E-state index contributed by atoms with van der Waals surface area (Å²) in [7, 11) is 1.40. The molecule has 19 heavy (non-hydrogen) atoms. The summed E-state index contributed by atoms with van der Waals surface area (Å²) in [4.78, 5) is 10.3. The molecule has 0 bridgehead atoms. The maximum absolute atomic E-state index is 10.8. The second-order valence-electron chi connectivity index (χ2n) is 4.75. The molecule has 0 radical (unpaired) electrons. The normalized spacial score (nSPS) is 22.8. The van der Waals surface area contributed by atoms with Crippen molar-refractivity contribution in [3.8, 4) is 5.75 Å². The summed E-state index contributed by atoms with van der Waals surface area (Å²) in [5, 5.41) is 23.9. The van der Waals surface area contributed by atoms with Gasteiger partial charge >= 0.3 is 5.69 Å². The van der Waals surface area contributed by atoms with Crippen molar-refractivity contribution in [3.63, 3.8) is 0 Å². The number of nitro benzene ring substituents is 1. The van der Waals surface area contributed by atoms with Crippen LogP contribution in [-0.4, -0.2) is 29.3 Å².